The Morgan fingerprint density at radius 1 is 1.18 bits per heavy atom. The number of hydrogen-bond donors (Lipinski definition) is 0. The minimum absolute atomic E-state index is 0.169. The number of imidazole rings is 1. The van der Waals surface area contributed by atoms with Crippen molar-refractivity contribution in [2.75, 3.05) is 11.5 Å². The third kappa shape index (κ3) is 2.24. The van der Waals surface area contributed by atoms with E-state index < -0.39 is 0 Å². The Balaban J connectivity index is 1.93. The quantitative estimate of drug-likeness (QED) is 0.846. The average molecular weight is 262 g/mol. The van der Waals surface area contributed by atoms with E-state index in [1.807, 2.05) is 18.7 Å². The van der Waals surface area contributed by atoms with E-state index in [9.17, 15) is 0 Å². The van der Waals surface area contributed by atoms with E-state index >= 15 is 0 Å². The molecule has 1 fully saturated rings. The molecule has 0 saturated carbocycles. The van der Waals surface area contributed by atoms with Crippen LogP contribution in [0.2, 0.25) is 0 Å². The fourth-order valence-electron chi connectivity index (χ4n) is 2.12. The average Bonchev–Trinajstić information content (AvgIpc) is 3.03. The number of thioether (sulfide) groups is 2. The van der Waals surface area contributed by atoms with Gasteiger partial charge in [-0.3, -0.25) is 0 Å². The zero-order valence-corrected chi connectivity index (χ0v) is 11.1. The van der Waals surface area contributed by atoms with Gasteiger partial charge in [-0.2, -0.15) is 0 Å². The van der Waals surface area contributed by atoms with E-state index in [0.717, 1.165) is 6.54 Å². The first kappa shape index (κ1) is 11.2. The van der Waals surface area contributed by atoms with Gasteiger partial charge in [-0.1, -0.05) is 30.3 Å². The van der Waals surface area contributed by atoms with Crippen LogP contribution in [0.25, 0.3) is 0 Å². The van der Waals surface area contributed by atoms with E-state index in [1.165, 1.54) is 17.1 Å². The largest absolute Gasteiger partial charge is 0.335 e. The highest BCUT2D eigenvalue weighted by atomic mass is 32.2. The first-order valence-corrected chi connectivity index (χ1v) is 7.65. The highest BCUT2D eigenvalue weighted by Crippen LogP contribution is 2.52. The Morgan fingerprint density at radius 3 is 2.59 bits per heavy atom. The van der Waals surface area contributed by atoms with Crippen LogP contribution in [0.4, 0.5) is 0 Å². The lowest BCUT2D eigenvalue weighted by molar-refractivity contribution is 0.652. The summed E-state index contributed by atoms with van der Waals surface area (Å²) in [6.07, 6.45) is 5.80. The number of rotatable bonds is 3. The molecule has 0 unspecified atom stereocenters. The Hall–Kier alpha value is -0.870. The predicted octanol–water partition coefficient (Wildman–Crippen LogP) is 3.22. The first-order valence-electron chi connectivity index (χ1n) is 5.68. The third-order valence-electron chi connectivity index (χ3n) is 2.92. The molecule has 1 aromatic carbocycles. The molecule has 0 aliphatic carbocycles. The molecule has 4 heteroatoms. The normalized spacial score (nSPS) is 18.4. The van der Waals surface area contributed by atoms with Crippen LogP contribution < -0.4 is 0 Å². The van der Waals surface area contributed by atoms with E-state index in [4.69, 9.17) is 0 Å². The maximum atomic E-state index is 4.13. The van der Waals surface area contributed by atoms with Gasteiger partial charge in [0.25, 0.3) is 0 Å². The molecule has 0 spiro atoms. The van der Waals surface area contributed by atoms with Crippen molar-refractivity contribution in [2.45, 2.75) is 10.6 Å². The van der Waals surface area contributed by atoms with Gasteiger partial charge in [-0.15, -0.1) is 23.5 Å². The second-order valence-electron chi connectivity index (χ2n) is 4.05. The SMILES string of the molecule is c1ccc(C2(Cn3ccnc3)SCCS2)cc1. The van der Waals surface area contributed by atoms with Gasteiger partial charge in [-0.05, 0) is 5.56 Å². The summed E-state index contributed by atoms with van der Waals surface area (Å²) in [5.74, 6) is 2.46. The van der Waals surface area contributed by atoms with Crippen LogP contribution in [0.3, 0.4) is 0 Å². The minimum atomic E-state index is 0.169. The van der Waals surface area contributed by atoms with Crippen molar-refractivity contribution >= 4 is 23.5 Å². The maximum absolute atomic E-state index is 4.13. The fourth-order valence-corrected chi connectivity index (χ4v) is 5.36. The summed E-state index contributed by atoms with van der Waals surface area (Å²) < 4.78 is 2.35. The van der Waals surface area contributed by atoms with Gasteiger partial charge in [0.05, 0.1) is 12.9 Å². The van der Waals surface area contributed by atoms with Gasteiger partial charge in [-0.25, -0.2) is 4.98 Å². The summed E-state index contributed by atoms with van der Waals surface area (Å²) in [5.41, 5.74) is 1.42. The number of nitrogens with zero attached hydrogens (tertiary/aromatic N) is 2. The Morgan fingerprint density at radius 2 is 1.94 bits per heavy atom. The second kappa shape index (κ2) is 4.78. The molecule has 1 aliphatic rings. The molecule has 2 heterocycles. The predicted molar refractivity (Wildman–Crippen MR) is 75.3 cm³/mol. The lowest BCUT2D eigenvalue weighted by Gasteiger charge is -2.28. The smallest absolute Gasteiger partial charge is 0.104 e. The van der Waals surface area contributed by atoms with Crippen LogP contribution >= 0.6 is 23.5 Å². The Labute approximate surface area is 110 Å². The van der Waals surface area contributed by atoms with Crippen molar-refractivity contribution in [3.05, 3.63) is 54.6 Å². The molecule has 0 N–H and O–H groups in total. The van der Waals surface area contributed by atoms with Crippen LogP contribution in [-0.4, -0.2) is 21.1 Å². The van der Waals surface area contributed by atoms with Crippen LogP contribution in [-0.2, 0) is 10.6 Å². The van der Waals surface area contributed by atoms with Gasteiger partial charge in [0.15, 0.2) is 0 Å². The molecule has 0 radical (unpaired) electrons. The zero-order valence-electron chi connectivity index (χ0n) is 9.45. The van der Waals surface area contributed by atoms with Crippen LogP contribution in [0.15, 0.2) is 49.1 Å². The molecule has 2 nitrogen and oxygen atoms in total. The second-order valence-corrected chi connectivity index (χ2v) is 7.10. The van der Waals surface area contributed by atoms with E-state index in [1.54, 1.807) is 0 Å². The lowest BCUT2D eigenvalue weighted by atomic mass is 10.1. The van der Waals surface area contributed by atoms with Gasteiger partial charge >= 0.3 is 0 Å². The van der Waals surface area contributed by atoms with Crippen molar-refractivity contribution < 1.29 is 0 Å². The topological polar surface area (TPSA) is 17.8 Å². The van der Waals surface area contributed by atoms with E-state index in [-0.39, 0.29) is 4.08 Å². The maximum Gasteiger partial charge on any atom is 0.104 e. The summed E-state index contributed by atoms with van der Waals surface area (Å²) in [6, 6.07) is 10.8. The molecule has 1 aliphatic heterocycles. The number of benzene rings is 1. The molecule has 0 bridgehead atoms. The molecular formula is C13H14N2S2. The molecule has 88 valence electrons. The first-order chi connectivity index (χ1) is 8.39. The van der Waals surface area contributed by atoms with Gasteiger partial charge in [0.1, 0.15) is 4.08 Å². The third-order valence-corrected chi connectivity index (χ3v) is 6.36. The molecule has 0 atom stereocenters. The van der Waals surface area contributed by atoms with Crippen molar-refractivity contribution in [1.29, 1.82) is 0 Å². The zero-order chi connectivity index (χ0) is 11.6. The number of aromatic nitrogens is 2. The monoisotopic (exact) mass is 262 g/mol. The molecular weight excluding hydrogens is 248 g/mol. The van der Waals surface area contributed by atoms with E-state index in [0.29, 0.717) is 0 Å². The summed E-state index contributed by atoms with van der Waals surface area (Å²) in [7, 11) is 0. The van der Waals surface area contributed by atoms with Crippen molar-refractivity contribution in [1.82, 2.24) is 9.55 Å². The summed E-state index contributed by atoms with van der Waals surface area (Å²) in [6.45, 7) is 0.992. The highest BCUT2D eigenvalue weighted by Gasteiger charge is 2.37. The van der Waals surface area contributed by atoms with Crippen molar-refractivity contribution in [2.24, 2.45) is 0 Å². The lowest BCUT2D eigenvalue weighted by Crippen LogP contribution is -2.21. The molecule has 17 heavy (non-hydrogen) atoms. The summed E-state index contributed by atoms with van der Waals surface area (Å²) >= 11 is 4.11. The Bertz CT molecular complexity index is 461. The summed E-state index contributed by atoms with van der Waals surface area (Å²) in [5, 5.41) is 0. The fraction of sp³-hybridized carbons (Fsp3) is 0.308. The molecule has 1 saturated heterocycles. The van der Waals surface area contributed by atoms with Gasteiger partial charge in [0.2, 0.25) is 0 Å². The van der Waals surface area contributed by atoms with Gasteiger partial charge in [0, 0.05) is 23.9 Å². The number of hydrogen-bond acceptors (Lipinski definition) is 3. The molecule has 2 aromatic rings. The molecule has 3 rings (SSSR count). The van der Waals surface area contributed by atoms with Crippen molar-refractivity contribution in [3.8, 4) is 0 Å². The Kier molecular flexibility index (Phi) is 3.16. The van der Waals surface area contributed by atoms with Crippen molar-refractivity contribution in [3.63, 3.8) is 0 Å². The summed E-state index contributed by atoms with van der Waals surface area (Å²) in [4.78, 5) is 4.13. The van der Waals surface area contributed by atoms with Crippen LogP contribution in [0, 0.1) is 0 Å². The van der Waals surface area contributed by atoms with Crippen LogP contribution in [0.5, 0.6) is 0 Å². The van der Waals surface area contributed by atoms with Crippen LogP contribution in [0.1, 0.15) is 5.56 Å². The van der Waals surface area contributed by atoms with Gasteiger partial charge < -0.3 is 4.57 Å². The standard InChI is InChI=1S/C13H14N2S2/c1-2-4-12(5-3-1)13(16-8-9-17-13)10-15-7-6-14-11-15/h1-7,11H,8-10H2. The minimum Gasteiger partial charge on any atom is -0.335 e. The molecule has 0 amide bonds. The highest BCUT2D eigenvalue weighted by molar-refractivity contribution is 8.20. The van der Waals surface area contributed by atoms with E-state index in [2.05, 4.69) is 63.4 Å². The molecule has 1 aromatic heterocycles.